The van der Waals surface area contributed by atoms with Gasteiger partial charge < -0.3 is 14.8 Å². The lowest BCUT2D eigenvalue weighted by Crippen LogP contribution is -2.36. The highest BCUT2D eigenvalue weighted by Gasteiger charge is 2.19. The molecule has 0 radical (unpaired) electrons. The van der Waals surface area contributed by atoms with Crippen LogP contribution in [0, 0.1) is 0 Å². The second-order valence-electron chi connectivity index (χ2n) is 4.66. The first-order valence-corrected chi connectivity index (χ1v) is 6.64. The number of nitrogens with zero attached hydrogens (tertiary/aromatic N) is 2. The number of nitrogens with one attached hydrogen (secondary N) is 1. The fraction of sp³-hybridized carbons (Fsp3) is 0.333. The first-order valence-electron chi connectivity index (χ1n) is 6.64. The number of ether oxygens (including phenoxy) is 2. The number of rotatable bonds is 6. The zero-order chi connectivity index (χ0) is 15.2. The van der Waals surface area contributed by atoms with Crippen LogP contribution in [0.3, 0.4) is 0 Å². The van der Waals surface area contributed by atoms with Crippen molar-refractivity contribution in [2.75, 3.05) is 20.8 Å². The summed E-state index contributed by atoms with van der Waals surface area (Å²) < 4.78 is 11.9. The summed E-state index contributed by atoms with van der Waals surface area (Å²) in [4.78, 5) is 12.2. The van der Waals surface area contributed by atoms with E-state index in [1.807, 2.05) is 37.3 Å². The normalized spacial score (nSPS) is 12.0. The van der Waals surface area contributed by atoms with E-state index in [4.69, 9.17) is 9.47 Å². The highest BCUT2D eigenvalue weighted by molar-refractivity contribution is 5.95. The maximum atomic E-state index is 12.2. The van der Waals surface area contributed by atoms with Gasteiger partial charge in [0.25, 0.3) is 5.91 Å². The SMILES string of the molecule is COCC(C)NC(=O)c1nn(-c2ccccc2)cc1OC. The Balaban J connectivity index is 2.23. The summed E-state index contributed by atoms with van der Waals surface area (Å²) in [7, 11) is 3.11. The van der Waals surface area contributed by atoms with Crippen molar-refractivity contribution in [3.05, 3.63) is 42.2 Å². The molecule has 1 aromatic carbocycles. The number of para-hydroxylation sites is 1. The summed E-state index contributed by atoms with van der Waals surface area (Å²) in [6.07, 6.45) is 1.69. The van der Waals surface area contributed by atoms with Gasteiger partial charge in [-0.3, -0.25) is 4.79 Å². The molecule has 0 fully saturated rings. The van der Waals surface area contributed by atoms with Crippen LogP contribution < -0.4 is 10.1 Å². The summed E-state index contributed by atoms with van der Waals surface area (Å²) >= 11 is 0. The van der Waals surface area contributed by atoms with E-state index in [2.05, 4.69) is 10.4 Å². The summed E-state index contributed by atoms with van der Waals surface area (Å²) in [5, 5.41) is 7.12. The smallest absolute Gasteiger partial charge is 0.275 e. The molecule has 112 valence electrons. The largest absolute Gasteiger partial charge is 0.493 e. The van der Waals surface area contributed by atoms with Gasteiger partial charge in [-0.15, -0.1) is 0 Å². The van der Waals surface area contributed by atoms with Gasteiger partial charge in [-0.25, -0.2) is 4.68 Å². The molecule has 1 aromatic heterocycles. The van der Waals surface area contributed by atoms with Crippen LogP contribution in [0.4, 0.5) is 0 Å². The second-order valence-corrected chi connectivity index (χ2v) is 4.66. The summed E-state index contributed by atoms with van der Waals surface area (Å²) in [6.45, 7) is 2.30. The van der Waals surface area contributed by atoms with E-state index in [1.165, 1.54) is 7.11 Å². The van der Waals surface area contributed by atoms with Crippen molar-refractivity contribution >= 4 is 5.91 Å². The van der Waals surface area contributed by atoms with Gasteiger partial charge in [-0.1, -0.05) is 18.2 Å². The number of benzene rings is 1. The van der Waals surface area contributed by atoms with E-state index in [0.29, 0.717) is 12.4 Å². The molecular formula is C15H19N3O3. The van der Waals surface area contributed by atoms with Gasteiger partial charge >= 0.3 is 0 Å². The monoisotopic (exact) mass is 289 g/mol. The lowest BCUT2D eigenvalue weighted by atomic mass is 10.3. The second kappa shape index (κ2) is 6.90. The Bertz CT molecular complexity index is 595. The third-order valence-electron chi connectivity index (χ3n) is 2.93. The Hall–Kier alpha value is -2.34. The van der Waals surface area contributed by atoms with E-state index in [1.54, 1.807) is 18.0 Å². The number of hydrogen-bond acceptors (Lipinski definition) is 4. The summed E-state index contributed by atoms with van der Waals surface area (Å²) in [5.74, 6) is 0.145. The van der Waals surface area contributed by atoms with Crippen molar-refractivity contribution in [3.8, 4) is 11.4 Å². The predicted molar refractivity (Wildman–Crippen MR) is 78.9 cm³/mol. The van der Waals surface area contributed by atoms with E-state index >= 15 is 0 Å². The van der Waals surface area contributed by atoms with Crippen molar-refractivity contribution in [2.45, 2.75) is 13.0 Å². The zero-order valence-electron chi connectivity index (χ0n) is 12.4. The van der Waals surface area contributed by atoms with Crippen molar-refractivity contribution < 1.29 is 14.3 Å². The zero-order valence-corrected chi connectivity index (χ0v) is 12.4. The molecule has 6 nitrogen and oxygen atoms in total. The average molecular weight is 289 g/mol. The van der Waals surface area contributed by atoms with Gasteiger partial charge in [0.05, 0.1) is 25.6 Å². The minimum atomic E-state index is -0.286. The molecule has 2 rings (SSSR count). The number of carbonyl (C=O) groups is 1. The quantitative estimate of drug-likeness (QED) is 0.878. The average Bonchev–Trinajstić information content (AvgIpc) is 2.92. The Kier molecular flexibility index (Phi) is 4.94. The molecular weight excluding hydrogens is 270 g/mol. The Morgan fingerprint density at radius 2 is 2.05 bits per heavy atom. The molecule has 0 aliphatic carbocycles. The number of carbonyl (C=O) groups excluding carboxylic acids is 1. The molecule has 0 aliphatic heterocycles. The minimum Gasteiger partial charge on any atom is -0.493 e. The van der Waals surface area contributed by atoms with Crippen LogP contribution in [0.2, 0.25) is 0 Å². The molecule has 2 aromatic rings. The highest BCUT2D eigenvalue weighted by Crippen LogP contribution is 2.19. The van der Waals surface area contributed by atoms with Gasteiger partial charge in [-0.05, 0) is 19.1 Å². The van der Waals surface area contributed by atoms with Gasteiger partial charge in [0, 0.05) is 13.2 Å². The number of methoxy groups -OCH3 is 2. The maximum absolute atomic E-state index is 12.2. The Morgan fingerprint density at radius 1 is 1.33 bits per heavy atom. The molecule has 1 N–H and O–H groups in total. The summed E-state index contributed by atoms with van der Waals surface area (Å²) in [6, 6.07) is 9.44. The lowest BCUT2D eigenvalue weighted by molar-refractivity contribution is 0.0897. The first kappa shape index (κ1) is 15.1. The molecule has 6 heteroatoms. The molecule has 0 bridgehead atoms. The Labute approximate surface area is 123 Å². The van der Waals surface area contributed by atoms with Crippen LogP contribution in [0.15, 0.2) is 36.5 Å². The van der Waals surface area contributed by atoms with Crippen molar-refractivity contribution in [2.24, 2.45) is 0 Å². The van der Waals surface area contributed by atoms with Crippen LogP contribution >= 0.6 is 0 Å². The molecule has 21 heavy (non-hydrogen) atoms. The van der Waals surface area contributed by atoms with Crippen molar-refractivity contribution in [3.63, 3.8) is 0 Å². The first-order chi connectivity index (χ1) is 10.2. The molecule has 0 saturated carbocycles. The predicted octanol–water partition coefficient (Wildman–Crippen LogP) is 1.65. The Morgan fingerprint density at radius 3 is 2.67 bits per heavy atom. The molecule has 1 amide bonds. The standard InChI is InChI=1S/C15H19N3O3/c1-11(10-20-2)16-15(19)14-13(21-3)9-18(17-14)12-7-5-4-6-8-12/h4-9,11H,10H2,1-3H3,(H,16,19). The van der Waals surface area contributed by atoms with E-state index in [-0.39, 0.29) is 17.6 Å². The molecule has 0 saturated heterocycles. The molecule has 0 aliphatic rings. The van der Waals surface area contributed by atoms with Crippen molar-refractivity contribution in [1.82, 2.24) is 15.1 Å². The molecule has 1 unspecified atom stereocenters. The highest BCUT2D eigenvalue weighted by atomic mass is 16.5. The summed E-state index contributed by atoms with van der Waals surface area (Å²) in [5.41, 5.74) is 1.11. The van der Waals surface area contributed by atoms with E-state index < -0.39 is 0 Å². The van der Waals surface area contributed by atoms with Crippen LogP contribution in [0.25, 0.3) is 5.69 Å². The van der Waals surface area contributed by atoms with Gasteiger partial charge in [0.2, 0.25) is 0 Å². The number of hydrogen-bond donors (Lipinski definition) is 1. The van der Waals surface area contributed by atoms with Crippen LogP contribution in [-0.4, -0.2) is 42.6 Å². The molecule has 1 atom stereocenters. The third-order valence-corrected chi connectivity index (χ3v) is 2.93. The van der Waals surface area contributed by atoms with Gasteiger partial charge in [0.1, 0.15) is 0 Å². The molecule has 0 spiro atoms. The maximum Gasteiger partial charge on any atom is 0.275 e. The van der Waals surface area contributed by atoms with E-state index in [0.717, 1.165) is 5.69 Å². The van der Waals surface area contributed by atoms with Crippen LogP contribution in [0.5, 0.6) is 5.75 Å². The van der Waals surface area contributed by atoms with Crippen LogP contribution in [0.1, 0.15) is 17.4 Å². The van der Waals surface area contributed by atoms with Crippen LogP contribution in [-0.2, 0) is 4.74 Å². The van der Waals surface area contributed by atoms with E-state index in [9.17, 15) is 4.79 Å². The number of amides is 1. The fourth-order valence-electron chi connectivity index (χ4n) is 1.96. The minimum absolute atomic E-state index is 0.103. The fourth-order valence-corrected chi connectivity index (χ4v) is 1.96. The third kappa shape index (κ3) is 3.61. The van der Waals surface area contributed by atoms with Crippen molar-refractivity contribution in [1.29, 1.82) is 0 Å². The number of aromatic nitrogens is 2. The topological polar surface area (TPSA) is 65.4 Å². The van der Waals surface area contributed by atoms with Gasteiger partial charge in [0.15, 0.2) is 11.4 Å². The molecule has 1 heterocycles. The van der Waals surface area contributed by atoms with Gasteiger partial charge in [-0.2, -0.15) is 5.10 Å². The lowest BCUT2D eigenvalue weighted by Gasteiger charge is -2.11.